The Bertz CT molecular complexity index is 601. The molecule has 23 heavy (non-hydrogen) atoms. The molecular weight excluding hydrogens is 284 g/mol. The predicted molar refractivity (Wildman–Crippen MR) is 97.6 cm³/mol. The molecule has 0 bridgehead atoms. The zero-order valence-electron chi connectivity index (χ0n) is 14.4. The topological polar surface area (TPSA) is 41.4 Å². The molecule has 4 heteroatoms. The fourth-order valence-corrected chi connectivity index (χ4v) is 2.48. The van der Waals surface area contributed by atoms with Crippen molar-refractivity contribution in [2.45, 2.75) is 39.3 Å². The van der Waals surface area contributed by atoms with Crippen molar-refractivity contribution in [3.63, 3.8) is 0 Å². The lowest BCUT2D eigenvalue weighted by atomic mass is 10.1. The van der Waals surface area contributed by atoms with Crippen molar-refractivity contribution in [2.24, 2.45) is 12.0 Å². The summed E-state index contributed by atoms with van der Waals surface area (Å²) in [5.41, 5.74) is 2.61. The monoisotopic (exact) mass is 312 g/mol. The Hall–Kier alpha value is -2.23. The lowest BCUT2D eigenvalue weighted by molar-refractivity contribution is 0.593. The van der Waals surface area contributed by atoms with Crippen LogP contribution in [0.3, 0.4) is 0 Å². The minimum absolute atomic E-state index is 0.378. The van der Waals surface area contributed by atoms with E-state index in [0.29, 0.717) is 12.6 Å². The van der Waals surface area contributed by atoms with Gasteiger partial charge in [-0.1, -0.05) is 30.3 Å². The van der Waals surface area contributed by atoms with Crippen molar-refractivity contribution in [1.29, 1.82) is 0 Å². The Morgan fingerprint density at radius 3 is 2.61 bits per heavy atom. The summed E-state index contributed by atoms with van der Waals surface area (Å²) in [7, 11) is 2.03. The smallest absolute Gasteiger partial charge is 0.191 e. The Kier molecular flexibility index (Phi) is 6.73. The second-order valence-corrected chi connectivity index (χ2v) is 5.95. The summed E-state index contributed by atoms with van der Waals surface area (Å²) in [6, 6.07) is 13.1. The maximum Gasteiger partial charge on any atom is 0.191 e. The van der Waals surface area contributed by atoms with Crippen LogP contribution in [0.2, 0.25) is 0 Å². The maximum atomic E-state index is 4.67. The highest BCUT2D eigenvalue weighted by Gasteiger charge is 2.05. The molecule has 0 aliphatic rings. The van der Waals surface area contributed by atoms with E-state index >= 15 is 0 Å². The molecule has 1 unspecified atom stereocenters. The number of nitrogens with zero attached hydrogens (tertiary/aromatic N) is 2. The lowest BCUT2D eigenvalue weighted by Gasteiger charge is -2.17. The van der Waals surface area contributed by atoms with Gasteiger partial charge in [0.15, 0.2) is 5.96 Å². The van der Waals surface area contributed by atoms with Crippen molar-refractivity contribution in [2.75, 3.05) is 6.54 Å². The summed E-state index contributed by atoms with van der Waals surface area (Å²) < 4.78 is 2.05. The van der Waals surface area contributed by atoms with Crippen LogP contribution in [-0.4, -0.2) is 23.1 Å². The van der Waals surface area contributed by atoms with E-state index in [4.69, 9.17) is 0 Å². The molecular formula is C19H28N4. The zero-order chi connectivity index (χ0) is 16.5. The van der Waals surface area contributed by atoms with E-state index in [1.165, 1.54) is 11.1 Å². The molecule has 1 aromatic carbocycles. The van der Waals surface area contributed by atoms with Crippen LogP contribution in [0.15, 0.2) is 53.8 Å². The molecule has 2 aromatic rings. The summed E-state index contributed by atoms with van der Waals surface area (Å²) in [4.78, 5) is 4.67. The van der Waals surface area contributed by atoms with Gasteiger partial charge in [0.2, 0.25) is 0 Å². The van der Waals surface area contributed by atoms with Crippen LogP contribution >= 0.6 is 0 Å². The van der Waals surface area contributed by atoms with E-state index in [9.17, 15) is 0 Å². The van der Waals surface area contributed by atoms with Gasteiger partial charge in [-0.2, -0.15) is 0 Å². The first-order valence-corrected chi connectivity index (χ1v) is 8.37. The molecule has 0 saturated carbocycles. The first-order valence-electron chi connectivity index (χ1n) is 8.37. The highest BCUT2D eigenvalue weighted by atomic mass is 15.2. The molecule has 0 fully saturated rings. The summed E-state index contributed by atoms with van der Waals surface area (Å²) >= 11 is 0. The van der Waals surface area contributed by atoms with Gasteiger partial charge in [-0.3, -0.25) is 0 Å². The summed E-state index contributed by atoms with van der Waals surface area (Å²) in [6.07, 6.45) is 6.31. The van der Waals surface area contributed by atoms with Gasteiger partial charge in [0.25, 0.3) is 0 Å². The Morgan fingerprint density at radius 1 is 1.17 bits per heavy atom. The largest absolute Gasteiger partial charge is 0.357 e. The van der Waals surface area contributed by atoms with E-state index in [-0.39, 0.29) is 0 Å². The molecule has 0 radical (unpaired) electrons. The normalized spacial score (nSPS) is 12.9. The van der Waals surface area contributed by atoms with Gasteiger partial charge in [0.05, 0.1) is 6.54 Å². The molecule has 1 atom stereocenters. The second-order valence-electron chi connectivity index (χ2n) is 5.95. The zero-order valence-corrected chi connectivity index (χ0v) is 14.4. The molecule has 0 aliphatic heterocycles. The molecule has 124 valence electrons. The number of benzene rings is 1. The Labute approximate surface area is 139 Å². The van der Waals surface area contributed by atoms with Crippen molar-refractivity contribution in [3.05, 3.63) is 59.9 Å². The van der Waals surface area contributed by atoms with E-state index in [0.717, 1.165) is 25.3 Å². The summed E-state index contributed by atoms with van der Waals surface area (Å²) in [6.45, 7) is 5.86. The Balaban J connectivity index is 1.84. The highest BCUT2D eigenvalue weighted by Crippen LogP contribution is 2.05. The van der Waals surface area contributed by atoms with Gasteiger partial charge < -0.3 is 15.2 Å². The minimum atomic E-state index is 0.378. The van der Waals surface area contributed by atoms with Crippen LogP contribution < -0.4 is 10.6 Å². The second kappa shape index (κ2) is 9.03. The molecule has 1 heterocycles. The van der Waals surface area contributed by atoms with Gasteiger partial charge >= 0.3 is 0 Å². The third-order valence-corrected chi connectivity index (χ3v) is 3.75. The number of aryl methyl sites for hydroxylation is 2. The van der Waals surface area contributed by atoms with Gasteiger partial charge in [0, 0.05) is 32.0 Å². The average Bonchev–Trinajstić information content (AvgIpc) is 2.97. The van der Waals surface area contributed by atoms with Crippen LogP contribution in [-0.2, 0) is 20.0 Å². The third kappa shape index (κ3) is 6.19. The van der Waals surface area contributed by atoms with Crippen LogP contribution in [0.4, 0.5) is 0 Å². The number of nitrogens with one attached hydrogen (secondary N) is 2. The van der Waals surface area contributed by atoms with Crippen LogP contribution in [0, 0.1) is 0 Å². The number of guanidine groups is 1. The quantitative estimate of drug-likeness (QED) is 0.609. The number of aromatic nitrogens is 1. The minimum Gasteiger partial charge on any atom is -0.357 e. The van der Waals surface area contributed by atoms with Gasteiger partial charge in [-0.05, 0) is 43.9 Å². The van der Waals surface area contributed by atoms with E-state index in [1.807, 2.05) is 17.8 Å². The van der Waals surface area contributed by atoms with E-state index in [1.54, 1.807) is 0 Å². The lowest BCUT2D eigenvalue weighted by Crippen LogP contribution is -2.42. The Morgan fingerprint density at radius 2 is 1.96 bits per heavy atom. The molecule has 1 aromatic heterocycles. The third-order valence-electron chi connectivity index (χ3n) is 3.75. The fraction of sp³-hybridized carbons (Fsp3) is 0.421. The van der Waals surface area contributed by atoms with Crippen molar-refractivity contribution < 1.29 is 0 Å². The van der Waals surface area contributed by atoms with Crippen molar-refractivity contribution in [1.82, 2.24) is 15.2 Å². The molecule has 0 aliphatic carbocycles. The predicted octanol–water partition coefficient (Wildman–Crippen LogP) is 3.10. The first-order chi connectivity index (χ1) is 11.2. The summed E-state index contributed by atoms with van der Waals surface area (Å²) in [5, 5.41) is 6.82. The van der Waals surface area contributed by atoms with Crippen LogP contribution in [0.1, 0.15) is 31.4 Å². The van der Waals surface area contributed by atoms with Gasteiger partial charge in [0.1, 0.15) is 0 Å². The maximum absolute atomic E-state index is 4.67. The molecule has 0 saturated heterocycles. The molecule has 0 spiro atoms. The summed E-state index contributed by atoms with van der Waals surface area (Å²) in [5.74, 6) is 0.886. The van der Waals surface area contributed by atoms with E-state index in [2.05, 4.69) is 72.1 Å². The molecule has 0 amide bonds. The van der Waals surface area contributed by atoms with Gasteiger partial charge in [-0.15, -0.1) is 0 Å². The number of rotatable bonds is 7. The van der Waals surface area contributed by atoms with Crippen LogP contribution in [0.5, 0.6) is 0 Å². The molecule has 2 N–H and O–H groups in total. The van der Waals surface area contributed by atoms with Gasteiger partial charge in [-0.25, -0.2) is 4.99 Å². The standard InChI is InChI=1S/C19H28N4/c1-4-20-19(21-14-18-12-13-23(3)15-18)22-16(2)10-11-17-8-6-5-7-9-17/h5-9,12-13,15-16H,4,10-11,14H2,1-3H3,(H2,20,21,22). The number of hydrogen-bond acceptors (Lipinski definition) is 1. The highest BCUT2D eigenvalue weighted by molar-refractivity contribution is 5.80. The van der Waals surface area contributed by atoms with E-state index < -0.39 is 0 Å². The molecule has 4 nitrogen and oxygen atoms in total. The van der Waals surface area contributed by atoms with Crippen molar-refractivity contribution >= 4 is 5.96 Å². The first kappa shape index (κ1) is 17.1. The molecule has 2 rings (SSSR count). The number of aliphatic imine (C=N–C) groups is 1. The van der Waals surface area contributed by atoms with Crippen LogP contribution in [0.25, 0.3) is 0 Å². The fourth-order valence-electron chi connectivity index (χ4n) is 2.48. The number of hydrogen-bond donors (Lipinski definition) is 2. The average molecular weight is 312 g/mol. The van der Waals surface area contributed by atoms with Crippen molar-refractivity contribution in [3.8, 4) is 0 Å². The SMILES string of the molecule is CCNC(=NCc1ccn(C)c1)NC(C)CCc1ccccc1.